The van der Waals surface area contributed by atoms with E-state index in [0.29, 0.717) is 5.75 Å². The van der Waals surface area contributed by atoms with Gasteiger partial charge in [0.05, 0.1) is 6.61 Å². The molecule has 0 saturated heterocycles. The minimum Gasteiger partial charge on any atom is -0.508 e. The van der Waals surface area contributed by atoms with Gasteiger partial charge in [-0.2, -0.15) is 0 Å². The number of phenolic OH excluding ortho intramolecular Hbond substituents is 1. The lowest BCUT2D eigenvalue weighted by atomic mass is 10.3. The van der Waals surface area contributed by atoms with Crippen LogP contribution in [0, 0.1) is 0 Å². The maximum absolute atomic E-state index is 11.6. The number of hydrogen-bond donors (Lipinski definition) is 1. The maximum Gasteiger partial charge on any atom is 0.422 e. The summed E-state index contributed by atoms with van der Waals surface area (Å²) in [5.74, 6) is 0.598. The number of aromatic hydroxyl groups is 1. The van der Waals surface area contributed by atoms with Crippen LogP contribution in [0.15, 0.2) is 36.7 Å². The number of phenols is 1. The summed E-state index contributed by atoms with van der Waals surface area (Å²) in [7, 11) is 0. The molecule has 2 rings (SSSR count). The Hall–Kier alpha value is -2.50. The molecule has 1 aromatic carbocycles. The van der Waals surface area contributed by atoms with E-state index in [0.717, 1.165) is 4.57 Å². The van der Waals surface area contributed by atoms with Gasteiger partial charge in [-0.1, -0.05) is 0 Å². The molecule has 6 heteroatoms. The van der Waals surface area contributed by atoms with Crippen LogP contribution in [0.25, 0.3) is 0 Å². The average molecular weight is 248 g/mol. The Labute approximate surface area is 103 Å². The van der Waals surface area contributed by atoms with E-state index in [9.17, 15) is 4.79 Å². The second kappa shape index (κ2) is 5.22. The number of rotatable bonds is 3. The molecule has 2 aromatic rings. The van der Waals surface area contributed by atoms with Crippen molar-refractivity contribution in [3.8, 4) is 17.5 Å². The van der Waals surface area contributed by atoms with Gasteiger partial charge < -0.3 is 14.6 Å². The SMILES string of the molecule is CCOC(=O)n1ccnc1Oc1ccc(O)cc1. The lowest BCUT2D eigenvalue weighted by molar-refractivity contribution is 0.151. The van der Waals surface area contributed by atoms with E-state index in [2.05, 4.69) is 4.98 Å². The highest BCUT2D eigenvalue weighted by Gasteiger charge is 2.13. The van der Waals surface area contributed by atoms with Crippen LogP contribution in [0.2, 0.25) is 0 Å². The van der Waals surface area contributed by atoms with Crippen molar-refractivity contribution in [3.05, 3.63) is 36.7 Å². The number of ether oxygens (including phenoxy) is 2. The van der Waals surface area contributed by atoms with Crippen molar-refractivity contribution in [1.29, 1.82) is 0 Å². The van der Waals surface area contributed by atoms with Gasteiger partial charge in [0, 0.05) is 12.4 Å². The van der Waals surface area contributed by atoms with E-state index >= 15 is 0 Å². The van der Waals surface area contributed by atoms with E-state index in [4.69, 9.17) is 14.6 Å². The van der Waals surface area contributed by atoms with Gasteiger partial charge in [0.25, 0.3) is 0 Å². The lowest BCUT2D eigenvalue weighted by Gasteiger charge is -2.07. The van der Waals surface area contributed by atoms with Crippen molar-refractivity contribution in [3.63, 3.8) is 0 Å². The molecule has 0 saturated carbocycles. The monoisotopic (exact) mass is 248 g/mol. The summed E-state index contributed by atoms with van der Waals surface area (Å²) < 4.78 is 11.4. The van der Waals surface area contributed by atoms with Crippen LogP contribution in [0.3, 0.4) is 0 Å². The van der Waals surface area contributed by atoms with Crippen LogP contribution >= 0.6 is 0 Å². The van der Waals surface area contributed by atoms with Crippen molar-refractivity contribution >= 4 is 6.09 Å². The topological polar surface area (TPSA) is 73.6 Å². The fourth-order valence-corrected chi connectivity index (χ4v) is 1.32. The van der Waals surface area contributed by atoms with Gasteiger partial charge in [-0.15, -0.1) is 0 Å². The van der Waals surface area contributed by atoms with Gasteiger partial charge in [-0.25, -0.2) is 14.3 Å². The van der Waals surface area contributed by atoms with Crippen molar-refractivity contribution in [2.24, 2.45) is 0 Å². The van der Waals surface area contributed by atoms with Gasteiger partial charge in [-0.05, 0) is 31.2 Å². The molecule has 0 spiro atoms. The first kappa shape index (κ1) is 12.0. The summed E-state index contributed by atoms with van der Waals surface area (Å²) in [6, 6.07) is 6.21. The zero-order chi connectivity index (χ0) is 13.0. The van der Waals surface area contributed by atoms with E-state index < -0.39 is 6.09 Å². The summed E-state index contributed by atoms with van der Waals surface area (Å²) in [4.78, 5) is 15.5. The number of carbonyl (C=O) groups excluding carboxylic acids is 1. The minimum atomic E-state index is -0.552. The fraction of sp³-hybridized carbons (Fsp3) is 0.167. The van der Waals surface area contributed by atoms with E-state index in [1.165, 1.54) is 24.5 Å². The average Bonchev–Trinajstić information content (AvgIpc) is 2.81. The second-order valence-corrected chi connectivity index (χ2v) is 3.37. The Morgan fingerprint density at radius 3 is 2.78 bits per heavy atom. The first-order valence-electron chi connectivity index (χ1n) is 5.38. The quantitative estimate of drug-likeness (QED) is 0.902. The molecular weight excluding hydrogens is 236 g/mol. The van der Waals surface area contributed by atoms with Crippen molar-refractivity contribution in [1.82, 2.24) is 9.55 Å². The molecule has 0 amide bonds. The largest absolute Gasteiger partial charge is 0.508 e. The van der Waals surface area contributed by atoms with Crippen LogP contribution < -0.4 is 4.74 Å². The molecule has 0 aliphatic rings. The molecule has 0 fully saturated rings. The van der Waals surface area contributed by atoms with Crippen LogP contribution in [0.1, 0.15) is 6.92 Å². The summed E-state index contributed by atoms with van der Waals surface area (Å²) in [5.41, 5.74) is 0. The molecule has 0 aliphatic carbocycles. The highest BCUT2D eigenvalue weighted by molar-refractivity contribution is 5.71. The van der Waals surface area contributed by atoms with Gasteiger partial charge in [0.2, 0.25) is 0 Å². The van der Waals surface area contributed by atoms with Gasteiger partial charge in [0.15, 0.2) is 0 Å². The van der Waals surface area contributed by atoms with E-state index in [1.807, 2.05) is 0 Å². The molecule has 1 aromatic heterocycles. The van der Waals surface area contributed by atoms with Gasteiger partial charge >= 0.3 is 12.1 Å². The zero-order valence-corrected chi connectivity index (χ0v) is 9.74. The zero-order valence-electron chi connectivity index (χ0n) is 9.74. The van der Waals surface area contributed by atoms with Gasteiger partial charge in [-0.3, -0.25) is 0 Å². The molecule has 0 radical (unpaired) electrons. The third-order valence-electron chi connectivity index (χ3n) is 2.12. The number of imidazole rings is 1. The summed E-state index contributed by atoms with van der Waals surface area (Å²) >= 11 is 0. The first-order valence-corrected chi connectivity index (χ1v) is 5.38. The van der Waals surface area contributed by atoms with Crippen molar-refractivity contribution < 1.29 is 19.4 Å². The van der Waals surface area contributed by atoms with Gasteiger partial charge in [0.1, 0.15) is 11.5 Å². The molecule has 0 aliphatic heterocycles. The molecule has 6 nitrogen and oxygen atoms in total. The molecule has 1 N–H and O–H groups in total. The summed E-state index contributed by atoms with van der Waals surface area (Å²) in [6.07, 6.45) is 2.34. The lowest BCUT2D eigenvalue weighted by Crippen LogP contribution is -2.13. The molecule has 0 atom stereocenters. The minimum absolute atomic E-state index is 0.110. The molecule has 0 unspecified atom stereocenters. The standard InChI is InChI=1S/C12H12N2O4/c1-2-17-12(16)14-8-7-13-11(14)18-10-5-3-9(15)4-6-10/h3-8,15H,2H2,1H3. The Kier molecular flexibility index (Phi) is 3.47. The second-order valence-electron chi connectivity index (χ2n) is 3.37. The van der Waals surface area contributed by atoms with Crippen molar-refractivity contribution in [2.45, 2.75) is 6.92 Å². The maximum atomic E-state index is 11.6. The molecule has 1 heterocycles. The third-order valence-corrected chi connectivity index (χ3v) is 2.12. The highest BCUT2D eigenvalue weighted by atomic mass is 16.6. The molecule has 18 heavy (non-hydrogen) atoms. The van der Waals surface area contributed by atoms with Crippen LogP contribution in [0.4, 0.5) is 4.79 Å². The smallest absolute Gasteiger partial charge is 0.422 e. The Bertz CT molecular complexity index is 533. The number of aromatic nitrogens is 2. The Morgan fingerprint density at radius 1 is 1.39 bits per heavy atom. The van der Waals surface area contributed by atoms with Crippen LogP contribution in [-0.2, 0) is 4.74 Å². The molecule has 94 valence electrons. The molecular formula is C12H12N2O4. The summed E-state index contributed by atoms with van der Waals surface area (Å²) in [5, 5.41) is 9.15. The number of hydrogen-bond acceptors (Lipinski definition) is 5. The van der Waals surface area contributed by atoms with Crippen LogP contribution in [0.5, 0.6) is 17.5 Å². The highest BCUT2D eigenvalue weighted by Crippen LogP contribution is 2.22. The van der Waals surface area contributed by atoms with Crippen LogP contribution in [-0.4, -0.2) is 27.4 Å². The predicted octanol–water partition coefficient (Wildman–Crippen LogP) is 2.39. The Balaban J connectivity index is 2.17. The number of carbonyl (C=O) groups is 1. The van der Waals surface area contributed by atoms with E-state index in [-0.39, 0.29) is 18.4 Å². The first-order chi connectivity index (χ1) is 8.70. The molecule has 0 bridgehead atoms. The van der Waals surface area contributed by atoms with E-state index in [1.54, 1.807) is 19.1 Å². The Morgan fingerprint density at radius 2 is 2.11 bits per heavy atom. The summed E-state index contributed by atoms with van der Waals surface area (Å²) in [6.45, 7) is 1.99. The normalized spacial score (nSPS) is 10.1. The third kappa shape index (κ3) is 2.60. The number of benzene rings is 1. The predicted molar refractivity (Wildman–Crippen MR) is 62.8 cm³/mol. The fourth-order valence-electron chi connectivity index (χ4n) is 1.32. The number of nitrogens with zero attached hydrogens (tertiary/aromatic N) is 2. The van der Waals surface area contributed by atoms with Crippen molar-refractivity contribution in [2.75, 3.05) is 6.61 Å².